The topological polar surface area (TPSA) is 57.3 Å². The summed E-state index contributed by atoms with van der Waals surface area (Å²) in [4.78, 5) is 5.62. The van der Waals surface area contributed by atoms with E-state index >= 15 is 0 Å². The molecule has 7 heteroatoms. The van der Waals surface area contributed by atoms with Crippen molar-refractivity contribution in [1.82, 2.24) is 4.68 Å². The second-order valence-corrected chi connectivity index (χ2v) is 7.63. The highest BCUT2D eigenvalue weighted by atomic mass is 32.1. The maximum atomic E-state index is 5.52. The second-order valence-electron chi connectivity index (χ2n) is 6.79. The second kappa shape index (κ2) is 10.3. The van der Waals surface area contributed by atoms with Crippen LogP contribution in [0.2, 0.25) is 0 Å². The third-order valence-electron chi connectivity index (χ3n) is 4.18. The Kier molecular flexibility index (Phi) is 8.11. The number of unbranched alkanes of at least 4 members (excludes halogenated alkanes) is 1. The minimum absolute atomic E-state index is 0.184. The summed E-state index contributed by atoms with van der Waals surface area (Å²) in [7, 11) is 4.84. The Balaban J connectivity index is 2.67. The molecule has 0 spiro atoms. The van der Waals surface area contributed by atoms with E-state index in [0.29, 0.717) is 17.2 Å². The Morgan fingerprint density at radius 1 is 1.11 bits per heavy atom. The molecule has 0 N–H and O–H groups in total. The van der Waals surface area contributed by atoms with Crippen LogP contribution in [0.1, 0.15) is 47.0 Å². The van der Waals surface area contributed by atoms with E-state index < -0.39 is 0 Å². The van der Waals surface area contributed by atoms with Crippen molar-refractivity contribution in [3.63, 3.8) is 0 Å². The maximum absolute atomic E-state index is 5.52. The number of thiazole rings is 1. The Labute approximate surface area is 171 Å². The zero-order valence-electron chi connectivity index (χ0n) is 17.9. The lowest BCUT2D eigenvalue weighted by Gasteiger charge is -2.14. The van der Waals surface area contributed by atoms with Gasteiger partial charge in [0, 0.05) is 22.7 Å². The number of benzene rings is 1. The first-order valence-electron chi connectivity index (χ1n) is 9.54. The van der Waals surface area contributed by atoms with E-state index in [0.717, 1.165) is 41.0 Å². The number of methoxy groups -OCH3 is 3. The van der Waals surface area contributed by atoms with Gasteiger partial charge in [-0.1, -0.05) is 13.3 Å². The number of rotatable bonds is 9. The first kappa shape index (κ1) is 22.0. The molecule has 0 saturated carbocycles. The third-order valence-corrected chi connectivity index (χ3v) is 5.01. The Hall–Kier alpha value is -2.28. The van der Waals surface area contributed by atoms with Crippen LogP contribution in [0.25, 0.3) is 11.3 Å². The molecule has 1 heterocycles. The summed E-state index contributed by atoms with van der Waals surface area (Å²) in [6, 6.07) is 4.06. The number of nitrogens with zero attached hydrogens (tertiary/aromatic N) is 3. The van der Waals surface area contributed by atoms with Gasteiger partial charge in [-0.3, -0.25) is 4.99 Å². The smallest absolute Gasteiger partial charge is 0.206 e. The van der Waals surface area contributed by atoms with Crippen molar-refractivity contribution in [2.45, 2.75) is 53.0 Å². The minimum atomic E-state index is 0.184. The van der Waals surface area contributed by atoms with Crippen molar-refractivity contribution < 1.29 is 14.2 Å². The molecule has 2 rings (SSSR count). The van der Waals surface area contributed by atoms with Crippen LogP contribution >= 0.6 is 11.3 Å². The zero-order valence-corrected chi connectivity index (χ0v) is 18.7. The van der Waals surface area contributed by atoms with Gasteiger partial charge in [0.25, 0.3) is 0 Å². The minimum Gasteiger partial charge on any atom is -0.493 e. The fraction of sp³-hybridized carbons (Fsp3) is 0.524. The van der Waals surface area contributed by atoms with Gasteiger partial charge in [0.2, 0.25) is 10.6 Å². The van der Waals surface area contributed by atoms with Crippen LogP contribution in [0.15, 0.2) is 27.6 Å². The number of hydrogen-bond donors (Lipinski definition) is 0. The molecule has 6 nitrogen and oxygen atoms in total. The van der Waals surface area contributed by atoms with Crippen molar-refractivity contribution in [2.24, 2.45) is 10.1 Å². The van der Waals surface area contributed by atoms with E-state index in [4.69, 9.17) is 24.3 Å². The largest absolute Gasteiger partial charge is 0.493 e. The molecular formula is C21H31N3O3S. The fourth-order valence-electron chi connectivity index (χ4n) is 2.79. The summed E-state index contributed by atoms with van der Waals surface area (Å²) in [5.41, 5.74) is 2.96. The van der Waals surface area contributed by atoms with E-state index in [1.807, 2.05) is 16.8 Å². The molecular weight excluding hydrogens is 374 g/mol. The summed E-state index contributed by atoms with van der Waals surface area (Å²) < 4.78 is 18.4. The lowest BCUT2D eigenvalue weighted by molar-refractivity contribution is 0.324. The molecule has 0 atom stereocenters. The normalized spacial score (nSPS) is 12.6. The van der Waals surface area contributed by atoms with Crippen molar-refractivity contribution in [2.75, 3.05) is 21.3 Å². The summed E-state index contributed by atoms with van der Waals surface area (Å²) in [5.74, 6) is 1.80. The Morgan fingerprint density at radius 2 is 1.75 bits per heavy atom. The summed E-state index contributed by atoms with van der Waals surface area (Å²) in [6.07, 6.45) is 3.23. The van der Waals surface area contributed by atoms with Gasteiger partial charge in [0.05, 0.1) is 27.0 Å². The molecule has 0 fully saturated rings. The van der Waals surface area contributed by atoms with Crippen molar-refractivity contribution >= 4 is 17.0 Å². The molecule has 0 aliphatic heterocycles. The third kappa shape index (κ3) is 5.16. The average Bonchev–Trinajstić information content (AvgIpc) is 3.06. The standard InChI is InChI=1S/C21H31N3O3S/c1-8-9-10-15(4)23-24-17(13-28-21(24)22-14(2)3)16-11-18(25-5)20(27-7)19(12-16)26-6/h11-14H,8-10H2,1-7H3. The first-order chi connectivity index (χ1) is 13.4. The van der Waals surface area contributed by atoms with Gasteiger partial charge >= 0.3 is 0 Å². The molecule has 0 saturated heterocycles. The van der Waals surface area contributed by atoms with Gasteiger partial charge in [-0.05, 0) is 45.7 Å². The summed E-state index contributed by atoms with van der Waals surface area (Å²) in [6.45, 7) is 8.39. The van der Waals surface area contributed by atoms with E-state index in [1.54, 1.807) is 32.7 Å². The quantitative estimate of drug-likeness (QED) is 0.554. The van der Waals surface area contributed by atoms with Crippen LogP contribution in [-0.2, 0) is 0 Å². The van der Waals surface area contributed by atoms with Gasteiger partial charge < -0.3 is 14.2 Å². The van der Waals surface area contributed by atoms with Crippen LogP contribution in [0.4, 0.5) is 0 Å². The van der Waals surface area contributed by atoms with Gasteiger partial charge in [-0.25, -0.2) is 4.68 Å². The molecule has 0 aliphatic rings. The highest BCUT2D eigenvalue weighted by Gasteiger charge is 2.17. The number of ether oxygens (including phenoxy) is 3. The van der Waals surface area contributed by atoms with Gasteiger partial charge in [0.15, 0.2) is 11.5 Å². The van der Waals surface area contributed by atoms with Crippen LogP contribution in [0.3, 0.4) is 0 Å². The first-order valence-corrected chi connectivity index (χ1v) is 10.4. The van der Waals surface area contributed by atoms with Crippen LogP contribution in [0, 0.1) is 0 Å². The molecule has 0 unspecified atom stereocenters. The molecule has 0 amide bonds. The number of aromatic nitrogens is 1. The Morgan fingerprint density at radius 3 is 2.25 bits per heavy atom. The highest BCUT2D eigenvalue weighted by molar-refractivity contribution is 7.07. The van der Waals surface area contributed by atoms with Crippen LogP contribution < -0.4 is 19.0 Å². The van der Waals surface area contributed by atoms with Crippen molar-refractivity contribution in [3.8, 4) is 28.5 Å². The predicted octanol–water partition coefficient (Wildman–Crippen LogP) is 4.97. The monoisotopic (exact) mass is 405 g/mol. The maximum Gasteiger partial charge on any atom is 0.206 e. The van der Waals surface area contributed by atoms with Gasteiger partial charge in [-0.2, -0.15) is 5.10 Å². The zero-order chi connectivity index (χ0) is 20.7. The van der Waals surface area contributed by atoms with Crippen molar-refractivity contribution in [1.29, 1.82) is 0 Å². The average molecular weight is 406 g/mol. The van der Waals surface area contributed by atoms with E-state index in [9.17, 15) is 0 Å². The molecule has 2 aromatic rings. The molecule has 0 bridgehead atoms. The van der Waals surface area contributed by atoms with E-state index in [2.05, 4.69) is 33.1 Å². The lowest BCUT2D eigenvalue weighted by Crippen LogP contribution is -2.16. The molecule has 0 aliphatic carbocycles. The molecule has 154 valence electrons. The van der Waals surface area contributed by atoms with Gasteiger partial charge in [-0.15, -0.1) is 11.3 Å². The van der Waals surface area contributed by atoms with Crippen LogP contribution in [-0.4, -0.2) is 37.8 Å². The van der Waals surface area contributed by atoms with E-state index in [1.165, 1.54) is 0 Å². The fourth-order valence-corrected chi connectivity index (χ4v) is 3.75. The summed E-state index contributed by atoms with van der Waals surface area (Å²) >= 11 is 1.58. The number of hydrogen-bond acceptors (Lipinski definition) is 6. The molecule has 1 aromatic heterocycles. The molecule has 0 radical (unpaired) electrons. The predicted molar refractivity (Wildman–Crippen MR) is 116 cm³/mol. The molecule has 28 heavy (non-hydrogen) atoms. The van der Waals surface area contributed by atoms with Gasteiger partial charge in [0.1, 0.15) is 0 Å². The highest BCUT2D eigenvalue weighted by Crippen LogP contribution is 2.41. The SMILES string of the molecule is CCCCC(C)=Nn1c(-c2cc(OC)c(OC)c(OC)c2)csc1=NC(C)C. The summed E-state index contributed by atoms with van der Waals surface area (Å²) in [5, 5.41) is 6.94. The lowest BCUT2D eigenvalue weighted by atomic mass is 10.1. The molecule has 1 aromatic carbocycles. The van der Waals surface area contributed by atoms with Crippen molar-refractivity contribution in [3.05, 3.63) is 22.3 Å². The Bertz CT molecular complexity index is 856. The van der Waals surface area contributed by atoms with E-state index in [-0.39, 0.29) is 6.04 Å². The van der Waals surface area contributed by atoms with Crippen LogP contribution in [0.5, 0.6) is 17.2 Å².